The summed E-state index contributed by atoms with van der Waals surface area (Å²) >= 11 is 0. The lowest BCUT2D eigenvalue weighted by molar-refractivity contribution is -0.137. The molecule has 0 saturated carbocycles. The fraction of sp³-hybridized carbons (Fsp3) is 0.222. The smallest absolute Gasteiger partial charge is 0.347 e. The second kappa shape index (κ2) is 8.32. The van der Waals surface area contributed by atoms with Gasteiger partial charge < -0.3 is 10.6 Å². The highest BCUT2D eigenvalue weighted by Crippen LogP contribution is 2.30. The number of alkyl halides is 3. The van der Waals surface area contributed by atoms with Gasteiger partial charge in [0.25, 0.3) is 0 Å². The Balaban J connectivity index is 1.78. The van der Waals surface area contributed by atoms with Gasteiger partial charge in [-0.05, 0) is 30.2 Å². The second-order valence-corrected chi connectivity index (χ2v) is 5.39. The first kappa shape index (κ1) is 18.5. The molecule has 132 valence electrons. The minimum absolute atomic E-state index is 0.0263. The van der Waals surface area contributed by atoms with Crippen LogP contribution in [0.3, 0.4) is 0 Å². The summed E-state index contributed by atoms with van der Waals surface area (Å²) in [6, 6.07) is 13.7. The molecule has 2 rings (SSSR count). The zero-order valence-corrected chi connectivity index (χ0v) is 13.3. The van der Waals surface area contributed by atoms with Crippen LogP contribution >= 0.6 is 0 Å². The maximum absolute atomic E-state index is 12.6. The number of rotatable bonds is 6. The van der Waals surface area contributed by atoms with Crippen molar-refractivity contribution in [1.82, 2.24) is 5.32 Å². The third-order valence-electron chi connectivity index (χ3n) is 3.40. The van der Waals surface area contributed by atoms with Crippen molar-refractivity contribution in [2.75, 3.05) is 11.9 Å². The maximum Gasteiger partial charge on any atom is 0.416 e. The van der Waals surface area contributed by atoms with E-state index in [9.17, 15) is 22.8 Å². The molecule has 7 heteroatoms. The quantitative estimate of drug-likeness (QED) is 0.839. The van der Waals surface area contributed by atoms with E-state index in [0.717, 1.165) is 17.7 Å². The molecule has 0 aliphatic rings. The Morgan fingerprint density at radius 2 is 1.64 bits per heavy atom. The van der Waals surface area contributed by atoms with Crippen LogP contribution in [-0.4, -0.2) is 18.4 Å². The third kappa shape index (κ3) is 6.29. The summed E-state index contributed by atoms with van der Waals surface area (Å²) in [5, 5.41) is 4.77. The van der Waals surface area contributed by atoms with Gasteiger partial charge in [0, 0.05) is 12.1 Å². The van der Waals surface area contributed by atoms with E-state index in [4.69, 9.17) is 0 Å². The molecule has 0 saturated heterocycles. The molecular weight excluding hydrogens is 333 g/mol. The molecule has 0 heterocycles. The molecule has 0 aliphatic heterocycles. The summed E-state index contributed by atoms with van der Waals surface area (Å²) in [6.45, 7) is -0.302. The summed E-state index contributed by atoms with van der Waals surface area (Å²) in [6.07, 6.45) is -3.71. The first-order valence-corrected chi connectivity index (χ1v) is 7.62. The minimum Gasteiger partial charge on any atom is -0.347 e. The van der Waals surface area contributed by atoms with Gasteiger partial charge in [-0.25, -0.2) is 0 Å². The minimum atomic E-state index is -4.48. The van der Waals surface area contributed by atoms with E-state index in [1.165, 1.54) is 12.1 Å². The van der Waals surface area contributed by atoms with E-state index in [0.29, 0.717) is 6.42 Å². The zero-order valence-electron chi connectivity index (χ0n) is 13.3. The first-order chi connectivity index (χ1) is 11.8. The topological polar surface area (TPSA) is 58.2 Å². The fourth-order valence-electron chi connectivity index (χ4n) is 2.15. The number of halogens is 3. The predicted molar refractivity (Wildman–Crippen MR) is 87.8 cm³/mol. The summed E-state index contributed by atoms with van der Waals surface area (Å²) in [7, 11) is 0. The predicted octanol–water partition coefficient (Wildman–Crippen LogP) is 3.39. The molecule has 0 fully saturated rings. The number of amides is 2. The van der Waals surface area contributed by atoms with Gasteiger partial charge in [0.1, 0.15) is 0 Å². The van der Waals surface area contributed by atoms with Gasteiger partial charge in [0.15, 0.2) is 0 Å². The standard InChI is InChI=1S/C18H17F3N2O2/c19-18(20,21)14-7-4-8-15(11-14)23-17(25)12-22-16(24)10-9-13-5-2-1-3-6-13/h1-8,11H,9-10,12H2,(H,22,24)(H,23,25). The highest BCUT2D eigenvalue weighted by Gasteiger charge is 2.30. The van der Waals surface area contributed by atoms with Crippen LogP contribution in [0.4, 0.5) is 18.9 Å². The summed E-state index contributed by atoms with van der Waals surface area (Å²) < 4.78 is 37.8. The number of hydrogen-bond donors (Lipinski definition) is 2. The van der Waals surface area contributed by atoms with Gasteiger partial charge in [0.2, 0.25) is 11.8 Å². The number of nitrogens with one attached hydrogen (secondary N) is 2. The maximum atomic E-state index is 12.6. The highest BCUT2D eigenvalue weighted by atomic mass is 19.4. The lowest BCUT2D eigenvalue weighted by Gasteiger charge is -2.10. The van der Waals surface area contributed by atoms with Crippen LogP contribution in [-0.2, 0) is 22.2 Å². The van der Waals surface area contributed by atoms with E-state index < -0.39 is 17.6 Å². The van der Waals surface area contributed by atoms with E-state index in [1.807, 2.05) is 30.3 Å². The molecule has 2 N–H and O–H groups in total. The number of hydrogen-bond acceptors (Lipinski definition) is 2. The molecule has 0 atom stereocenters. The molecule has 0 spiro atoms. The van der Waals surface area contributed by atoms with Crippen molar-refractivity contribution in [1.29, 1.82) is 0 Å². The van der Waals surface area contributed by atoms with Crippen LogP contribution < -0.4 is 10.6 Å². The van der Waals surface area contributed by atoms with Crippen molar-refractivity contribution in [2.24, 2.45) is 0 Å². The van der Waals surface area contributed by atoms with Gasteiger partial charge in [0.05, 0.1) is 12.1 Å². The van der Waals surface area contributed by atoms with Crippen molar-refractivity contribution in [2.45, 2.75) is 19.0 Å². The third-order valence-corrected chi connectivity index (χ3v) is 3.40. The van der Waals surface area contributed by atoms with Crippen LogP contribution in [0.1, 0.15) is 17.5 Å². The van der Waals surface area contributed by atoms with Crippen LogP contribution in [0.5, 0.6) is 0 Å². The average Bonchev–Trinajstić information content (AvgIpc) is 2.58. The Bertz CT molecular complexity index is 731. The summed E-state index contributed by atoms with van der Waals surface area (Å²) in [5.41, 5.74) is 0.182. The van der Waals surface area contributed by atoms with E-state index in [2.05, 4.69) is 10.6 Å². The molecule has 2 aromatic rings. The van der Waals surface area contributed by atoms with Crippen molar-refractivity contribution in [3.05, 3.63) is 65.7 Å². The van der Waals surface area contributed by atoms with Crippen molar-refractivity contribution in [3.63, 3.8) is 0 Å². The Kier molecular flexibility index (Phi) is 6.16. The van der Waals surface area contributed by atoms with Gasteiger partial charge in [-0.3, -0.25) is 9.59 Å². The highest BCUT2D eigenvalue weighted by molar-refractivity contribution is 5.94. The molecule has 2 amide bonds. The van der Waals surface area contributed by atoms with Gasteiger partial charge in [-0.2, -0.15) is 13.2 Å². The molecule has 25 heavy (non-hydrogen) atoms. The molecular formula is C18H17F3N2O2. The van der Waals surface area contributed by atoms with Crippen molar-refractivity contribution in [3.8, 4) is 0 Å². The lowest BCUT2D eigenvalue weighted by Crippen LogP contribution is -2.33. The van der Waals surface area contributed by atoms with Gasteiger partial charge >= 0.3 is 6.18 Å². The van der Waals surface area contributed by atoms with Gasteiger partial charge in [-0.1, -0.05) is 36.4 Å². The number of aryl methyl sites for hydroxylation is 1. The largest absolute Gasteiger partial charge is 0.416 e. The molecule has 0 radical (unpaired) electrons. The molecule has 0 bridgehead atoms. The number of carbonyl (C=O) groups excluding carboxylic acids is 2. The van der Waals surface area contributed by atoms with E-state index >= 15 is 0 Å². The van der Waals surface area contributed by atoms with Gasteiger partial charge in [-0.15, -0.1) is 0 Å². The second-order valence-electron chi connectivity index (χ2n) is 5.39. The van der Waals surface area contributed by atoms with Crippen LogP contribution in [0.15, 0.2) is 54.6 Å². The van der Waals surface area contributed by atoms with Crippen LogP contribution in [0.25, 0.3) is 0 Å². The van der Waals surface area contributed by atoms with E-state index in [-0.39, 0.29) is 24.6 Å². The zero-order chi connectivity index (χ0) is 18.3. The molecule has 0 aliphatic carbocycles. The Morgan fingerprint density at radius 3 is 2.32 bits per heavy atom. The fourth-order valence-corrected chi connectivity index (χ4v) is 2.15. The average molecular weight is 350 g/mol. The lowest BCUT2D eigenvalue weighted by atomic mass is 10.1. The first-order valence-electron chi connectivity index (χ1n) is 7.62. The van der Waals surface area contributed by atoms with Crippen molar-refractivity contribution < 1.29 is 22.8 Å². The van der Waals surface area contributed by atoms with Crippen molar-refractivity contribution >= 4 is 17.5 Å². The SMILES string of the molecule is O=C(CCc1ccccc1)NCC(=O)Nc1cccc(C(F)(F)F)c1. The Hall–Kier alpha value is -2.83. The normalized spacial score (nSPS) is 11.0. The summed E-state index contributed by atoms with van der Waals surface area (Å²) in [4.78, 5) is 23.5. The molecule has 0 unspecified atom stereocenters. The number of benzene rings is 2. The molecule has 4 nitrogen and oxygen atoms in total. The monoisotopic (exact) mass is 350 g/mol. The summed E-state index contributed by atoms with van der Waals surface area (Å²) in [5.74, 6) is -0.893. The van der Waals surface area contributed by atoms with Crippen LogP contribution in [0.2, 0.25) is 0 Å². The Morgan fingerprint density at radius 1 is 0.920 bits per heavy atom. The molecule has 0 aromatic heterocycles. The van der Waals surface area contributed by atoms with Crippen LogP contribution in [0, 0.1) is 0 Å². The Labute approximate surface area is 143 Å². The number of anilines is 1. The number of carbonyl (C=O) groups is 2. The molecule has 2 aromatic carbocycles. The van der Waals surface area contributed by atoms with E-state index in [1.54, 1.807) is 0 Å².